The summed E-state index contributed by atoms with van der Waals surface area (Å²) < 4.78 is 0.840. The Bertz CT molecular complexity index is 394. The summed E-state index contributed by atoms with van der Waals surface area (Å²) in [5, 5.41) is 8.54. The summed E-state index contributed by atoms with van der Waals surface area (Å²) in [6.07, 6.45) is 2.04. The summed E-state index contributed by atoms with van der Waals surface area (Å²) in [4.78, 5) is 16.3. The van der Waals surface area contributed by atoms with Gasteiger partial charge in [0.2, 0.25) is 0 Å². The molecule has 4 nitrogen and oxygen atoms in total. The quantitative estimate of drug-likeness (QED) is 0.914. The van der Waals surface area contributed by atoms with E-state index in [4.69, 9.17) is 5.26 Å². The Morgan fingerprint density at radius 2 is 2.47 bits per heavy atom. The first kappa shape index (κ1) is 11.8. The second-order valence-electron chi connectivity index (χ2n) is 3.36. The normalized spacial score (nSPS) is 11.9. The van der Waals surface area contributed by atoms with Crippen molar-refractivity contribution in [2.45, 2.75) is 19.4 Å². The van der Waals surface area contributed by atoms with Crippen LogP contribution < -0.4 is 0 Å². The highest BCUT2D eigenvalue weighted by Gasteiger charge is 2.18. The van der Waals surface area contributed by atoms with Crippen molar-refractivity contribution in [2.75, 3.05) is 7.05 Å². The van der Waals surface area contributed by atoms with Crippen LogP contribution in [0.25, 0.3) is 0 Å². The number of nitriles is 1. The average Bonchev–Trinajstić information content (AvgIpc) is 2.63. The van der Waals surface area contributed by atoms with E-state index in [2.05, 4.69) is 20.9 Å². The molecule has 1 aromatic heterocycles. The number of hydrogen-bond acceptors (Lipinski definition) is 2. The SMILES string of the molecule is CC(CC#N)N(C)C(=O)c1cc(Br)c[nH]1. The summed E-state index contributed by atoms with van der Waals surface area (Å²) in [6.45, 7) is 1.85. The van der Waals surface area contributed by atoms with Gasteiger partial charge in [-0.15, -0.1) is 0 Å². The Balaban J connectivity index is 2.73. The van der Waals surface area contributed by atoms with E-state index >= 15 is 0 Å². The number of hydrogen-bond donors (Lipinski definition) is 1. The van der Waals surface area contributed by atoms with E-state index in [1.165, 1.54) is 0 Å². The predicted molar refractivity (Wildman–Crippen MR) is 60.3 cm³/mol. The molecule has 0 spiro atoms. The lowest BCUT2D eigenvalue weighted by atomic mass is 10.2. The number of nitrogens with one attached hydrogen (secondary N) is 1. The fourth-order valence-corrected chi connectivity index (χ4v) is 1.49. The van der Waals surface area contributed by atoms with Gasteiger partial charge in [-0.3, -0.25) is 4.79 Å². The largest absolute Gasteiger partial charge is 0.356 e. The van der Waals surface area contributed by atoms with Crippen LogP contribution in [0.5, 0.6) is 0 Å². The van der Waals surface area contributed by atoms with Crippen LogP contribution >= 0.6 is 15.9 Å². The van der Waals surface area contributed by atoms with Crippen molar-refractivity contribution in [2.24, 2.45) is 0 Å². The standard InChI is InChI=1S/C10H12BrN3O/c1-7(3-4-12)14(2)10(15)9-5-8(11)6-13-9/h5-7,13H,3H2,1-2H3. The van der Waals surface area contributed by atoms with E-state index in [-0.39, 0.29) is 11.9 Å². The Morgan fingerprint density at radius 3 is 2.93 bits per heavy atom. The minimum atomic E-state index is -0.108. The molecule has 1 aromatic rings. The van der Waals surface area contributed by atoms with Crippen molar-refractivity contribution in [3.63, 3.8) is 0 Å². The first-order valence-corrected chi connectivity index (χ1v) is 5.33. The molecule has 0 saturated carbocycles. The molecule has 1 heterocycles. The number of carbonyl (C=O) groups excluding carboxylic acids is 1. The number of halogens is 1. The maximum absolute atomic E-state index is 11.8. The van der Waals surface area contributed by atoms with Crippen molar-refractivity contribution < 1.29 is 4.79 Å². The third-order valence-corrected chi connectivity index (χ3v) is 2.70. The van der Waals surface area contributed by atoms with Crippen molar-refractivity contribution in [1.82, 2.24) is 9.88 Å². The van der Waals surface area contributed by atoms with Crippen molar-refractivity contribution in [1.29, 1.82) is 5.26 Å². The number of aromatic amines is 1. The summed E-state index contributed by atoms with van der Waals surface area (Å²) in [6, 6.07) is 3.69. The molecule has 80 valence electrons. The number of rotatable bonds is 3. The minimum absolute atomic E-state index is 0.0791. The summed E-state index contributed by atoms with van der Waals surface area (Å²) in [5.41, 5.74) is 0.522. The van der Waals surface area contributed by atoms with Gasteiger partial charge in [0.1, 0.15) is 5.69 Å². The molecule has 0 saturated heterocycles. The molecule has 0 aliphatic heterocycles. The molecule has 1 rings (SSSR count). The van der Waals surface area contributed by atoms with E-state index in [9.17, 15) is 4.79 Å². The Kier molecular flexibility index (Phi) is 3.92. The highest BCUT2D eigenvalue weighted by molar-refractivity contribution is 9.10. The molecular weight excluding hydrogens is 258 g/mol. The van der Waals surface area contributed by atoms with E-state index in [1.807, 2.05) is 13.0 Å². The van der Waals surface area contributed by atoms with Gasteiger partial charge in [-0.05, 0) is 28.9 Å². The Labute approximate surface area is 97.0 Å². The maximum Gasteiger partial charge on any atom is 0.270 e. The van der Waals surface area contributed by atoms with Gasteiger partial charge >= 0.3 is 0 Å². The summed E-state index contributed by atoms with van der Waals surface area (Å²) >= 11 is 3.26. The number of carbonyl (C=O) groups is 1. The lowest BCUT2D eigenvalue weighted by Crippen LogP contribution is -2.34. The van der Waals surface area contributed by atoms with Crippen LogP contribution in [-0.4, -0.2) is 28.9 Å². The van der Waals surface area contributed by atoms with Crippen molar-refractivity contribution in [3.05, 3.63) is 22.4 Å². The van der Waals surface area contributed by atoms with Crippen LogP contribution in [0.1, 0.15) is 23.8 Å². The molecule has 1 N–H and O–H groups in total. The number of amides is 1. The third-order valence-electron chi connectivity index (χ3n) is 2.25. The van der Waals surface area contributed by atoms with Gasteiger partial charge in [0, 0.05) is 23.8 Å². The van der Waals surface area contributed by atoms with Crippen molar-refractivity contribution in [3.8, 4) is 6.07 Å². The zero-order valence-corrected chi connectivity index (χ0v) is 10.2. The third kappa shape index (κ3) is 2.83. The fraction of sp³-hybridized carbons (Fsp3) is 0.400. The van der Waals surface area contributed by atoms with E-state index in [0.29, 0.717) is 12.1 Å². The Hall–Kier alpha value is -1.28. The van der Waals surface area contributed by atoms with Gasteiger partial charge in [0.05, 0.1) is 12.5 Å². The van der Waals surface area contributed by atoms with Gasteiger partial charge in [-0.25, -0.2) is 0 Å². The van der Waals surface area contributed by atoms with Gasteiger partial charge in [0.15, 0.2) is 0 Å². The smallest absolute Gasteiger partial charge is 0.270 e. The lowest BCUT2D eigenvalue weighted by Gasteiger charge is -2.22. The predicted octanol–water partition coefficient (Wildman–Crippen LogP) is 2.15. The van der Waals surface area contributed by atoms with Crippen LogP contribution in [0.4, 0.5) is 0 Å². The number of nitrogens with zero attached hydrogens (tertiary/aromatic N) is 2. The highest BCUT2D eigenvalue weighted by Crippen LogP contribution is 2.13. The van der Waals surface area contributed by atoms with E-state index < -0.39 is 0 Å². The molecule has 0 fully saturated rings. The average molecular weight is 270 g/mol. The number of H-pyrrole nitrogens is 1. The van der Waals surface area contributed by atoms with Gasteiger partial charge in [0.25, 0.3) is 5.91 Å². The summed E-state index contributed by atoms with van der Waals surface area (Å²) in [5.74, 6) is -0.108. The maximum atomic E-state index is 11.8. The molecule has 1 unspecified atom stereocenters. The zero-order chi connectivity index (χ0) is 11.4. The molecule has 1 atom stereocenters. The topological polar surface area (TPSA) is 59.9 Å². The molecule has 15 heavy (non-hydrogen) atoms. The molecule has 1 amide bonds. The zero-order valence-electron chi connectivity index (χ0n) is 8.62. The van der Waals surface area contributed by atoms with Crippen LogP contribution in [0.2, 0.25) is 0 Å². The summed E-state index contributed by atoms with van der Waals surface area (Å²) in [7, 11) is 1.69. The monoisotopic (exact) mass is 269 g/mol. The molecule has 0 aliphatic carbocycles. The first-order valence-electron chi connectivity index (χ1n) is 4.54. The van der Waals surface area contributed by atoms with Gasteiger partial charge in [-0.1, -0.05) is 0 Å². The van der Waals surface area contributed by atoms with Gasteiger partial charge in [-0.2, -0.15) is 5.26 Å². The van der Waals surface area contributed by atoms with Crippen molar-refractivity contribution >= 4 is 21.8 Å². The molecule has 0 radical (unpaired) electrons. The second kappa shape index (κ2) is 4.99. The van der Waals surface area contributed by atoms with Gasteiger partial charge < -0.3 is 9.88 Å². The molecule has 5 heteroatoms. The fourth-order valence-electron chi connectivity index (χ4n) is 1.15. The van der Waals surface area contributed by atoms with Crippen LogP contribution in [-0.2, 0) is 0 Å². The molecule has 0 aliphatic rings. The van der Waals surface area contributed by atoms with E-state index in [1.54, 1.807) is 24.2 Å². The minimum Gasteiger partial charge on any atom is -0.356 e. The molecule has 0 aromatic carbocycles. The van der Waals surface area contributed by atoms with Crippen LogP contribution in [0.3, 0.4) is 0 Å². The highest BCUT2D eigenvalue weighted by atomic mass is 79.9. The first-order chi connectivity index (χ1) is 7.06. The van der Waals surface area contributed by atoms with E-state index in [0.717, 1.165) is 4.47 Å². The van der Waals surface area contributed by atoms with Crippen LogP contribution in [0.15, 0.2) is 16.7 Å². The lowest BCUT2D eigenvalue weighted by molar-refractivity contribution is 0.0741. The number of aromatic nitrogens is 1. The molecular formula is C10H12BrN3O. The Morgan fingerprint density at radius 1 is 1.80 bits per heavy atom. The molecule has 0 bridgehead atoms. The second-order valence-corrected chi connectivity index (χ2v) is 4.27. The van der Waals surface area contributed by atoms with Crippen LogP contribution in [0, 0.1) is 11.3 Å².